The number of aromatic nitrogens is 1. The third-order valence-corrected chi connectivity index (χ3v) is 2.90. The molecule has 9 heteroatoms. The quantitative estimate of drug-likeness (QED) is 0.816. The number of benzene rings is 1. The summed E-state index contributed by atoms with van der Waals surface area (Å²) in [6.45, 7) is 1.81. The van der Waals surface area contributed by atoms with Gasteiger partial charge < -0.3 is 9.15 Å². The summed E-state index contributed by atoms with van der Waals surface area (Å²) in [6, 6.07) is 3.09. The summed E-state index contributed by atoms with van der Waals surface area (Å²) in [6.07, 6.45) is 0.647. The molecule has 2 amide bonds. The number of hydrogen-bond donors (Lipinski definition) is 2. The van der Waals surface area contributed by atoms with Crippen molar-refractivity contribution in [3.8, 4) is 11.3 Å². The van der Waals surface area contributed by atoms with Gasteiger partial charge in [-0.1, -0.05) is 0 Å². The van der Waals surface area contributed by atoms with Crippen LogP contribution in [0.3, 0.4) is 0 Å². The fraction of sp³-hybridized carbons (Fsp3) is 0.267. The van der Waals surface area contributed by atoms with E-state index in [0.717, 1.165) is 12.1 Å². The number of hydrazine groups is 1. The van der Waals surface area contributed by atoms with Crippen LogP contribution in [0.1, 0.15) is 19.2 Å². The summed E-state index contributed by atoms with van der Waals surface area (Å²) < 4.78 is 36.4. The third kappa shape index (κ3) is 4.77. The zero-order chi connectivity index (χ0) is 17.5. The van der Waals surface area contributed by atoms with Crippen LogP contribution in [0.5, 0.6) is 0 Å². The molecule has 0 aliphatic rings. The van der Waals surface area contributed by atoms with Gasteiger partial charge in [-0.05, 0) is 19.1 Å². The first kappa shape index (κ1) is 17.4. The SMILES string of the molecule is CCOC(=O)NNC(=O)CCc1ncc(-c2ccc(F)cc2F)o1. The molecular formula is C15H15F2N3O4. The van der Waals surface area contributed by atoms with Crippen molar-refractivity contribution < 1.29 is 27.5 Å². The van der Waals surface area contributed by atoms with Crippen molar-refractivity contribution >= 4 is 12.0 Å². The van der Waals surface area contributed by atoms with E-state index < -0.39 is 23.6 Å². The second kappa shape index (κ2) is 8.04. The van der Waals surface area contributed by atoms with E-state index in [4.69, 9.17) is 4.42 Å². The lowest BCUT2D eigenvalue weighted by atomic mass is 10.2. The largest absolute Gasteiger partial charge is 0.449 e. The molecule has 1 heterocycles. The van der Waals surface area contributed by atoms with E-state index in [1.54, 1.807) is 6.92 Å². The lowest BCUT2D eigenvalue weighted by Crippen LogP contribution is -2.42. The first-order chi connectivity index (χ1) is 11.5. The fourth-order valence-electron chi connectivity index (χ4n) is 1.81. The molecule has 0 unspecified atom stereocenters. The number of aryl methyl sites for hydroxylation is 1. The van der Waals surface area contributed by atoms with Crippen molar-refractivity contribution in [2.45, 2.75) is 19.8 Å². The van der Waals surface area contributed by atoms with Gasteiger partial charge in [-0.2, -0.15) is 0 Å². The molecule has 0 spiro atoms. The van der Waals surface area contributed by atoms with Crippen LogP contribution < -0.4 is 10.9 Å². The van der Waals surface area contributed by atoms with E-state index in [9.17, 15) is 18.4 Å². The molecule has 0 aliphatic heterocycles. The highest BCUT2D eigenvalue weighted by atomic mass is 19.1. The van der Waals surface area contributed by atoms with Crippen molar-refractivity contribution in [3.05, 3.63) is 41.9 Å². The molecule has 0 saturated carbocycles. The molecule has 0 fully saturated rings. The first-order valence-corrected chi connectivity index (χ1v) is 7.11. The lowest BCUT2D eigenvalue weighted by molar-refractivity contribution is -0.122. The molecular weight excluding hydrogens is 324 g/mol. The molecule has 2 rings (SSSR count). The maximum absolute atomic E-state index is 13.7. The Bertz CT molecular complexity index is 733. The molecule has 2 aromatic rings. The number of oxazole rings is 1. The van der Waals surface area contributed by atoms with E-state index in [1.807, 2.05) is 0 Å². The van der Waals surface area contributed by atoms with E-state index >= 15 is 0 Å². The molecule has 0 radical (unpaired) electrons. The van der Waals surface area contributed by atoms with Gasteiger partial charge in [-0.15, -0.1) is 0 Å². The minimum Gasteiger partial charge on any atom is -0.449 e. The topological polar surface area (TPSA) is 93.5 Å². The van der Waals surface area contributed by atoms with Crippen LogP contribution in [0, 0.1) is 11.6 Å². The van der Waals surface area contributed by atoms with Gasteiger partial charge in [0.05, 0.1) is 18.4 Å². The average molecular weight is 339 g/mol. The number of rotatable bonds is 5. The predicted molar refractivity (Wildman–Crippen MR) is 78.5 cm³/mol. The summed E-state index contributed by atoms with van der Waals surface area (Å²) in [7, 11) is 0. The van der Waals surface area contributed by atoms with E-state index in [-0.39, 0.29) is 36.7 Å². The summed E-state index contributed by atoms with van der Waals surface area (Å²) in [5.74, 6) is -1.60. The Hall–Kier alpha value is -2.97. The molecule has 128 valence electrons. The van der Waals surface area contributed by atoms with E-state index in [1.165, 1.54) is 12.3 Å². The Morgan fingerprint density at radius 3 is 2.79 bits per heavy atom. The van der Waals surface area contributed by atoms with Crippen LogP contribution in [0.2, 0.25) is 0 Å². The molecule has 1 aromatic carbocycles. The minimum atomic E-state index is -0.769. The summed E-state index contributed by atoms with van der Waals surface area (Å²) in [5.41, 5.74) is 4.30. The number of hydrogen-bond acceptors (Lipinski definition) is 5. The van der Waals surface area contributed by atoms with Gasteiger partial charge >= 0.3 is 6.09 Å². The maximum Gasteiger partial charge on any atom is 0.426 e. The van der Waals surface area contributed by atoms with Crippen LogP contribution in [-0.4, -0.2) is 23.6 Å². The highest BCUT2D eigenvalue weighted by Gasteiger charge is 2.13. The van der Waals surface area contributed by atoms with Gasteiger partial charge in [-0.3, -0.25) is 10.2 Å². The highest BCUT2D eigenvalue weighted by molar-refractivity contribution is 5.79. The summed E-state index contributed by atoms with van der Waals surface area (Å²) in [5, 5.41) is 0. The average Bonchev–Trinajstić information content (AvgIpc) is 3.00. The van der Waals surface area contributed by atoms with E-state index in [2.05, 4.69) is 20.6 Å². The van der Waals surface area contributed by atoms with Crippen molar-refractivity contribution in [1.82, 2.24) is 15.8 Å². The Balaban J connectivity index is 1.87. The number of ether oxygens (including phenoxy) is 1. The molecule has 24 heavy (non-hydrogen) atoms. The molecule has 2 N–H and O–H groups in total. The van der Waals surface area contributed by atoms with Crippen molar-refractivity contribution in [3.63, 3.8) is 0 Å². The fourth-order valence-corrected chi connectivity index (χ4v) is 1.81. The van der Waals surface area contributed by atoms with Gasteiger partial charge in [0, 0.05) is 18.9 Å². The molecule has 1 aromatic heterocycles. The Labute approximate surface area is 136 Å². The van der Waals surface area contributed by atoms with Crippen molar-refractivity contribution in [1.29, 1.82) is 0 Å². The smallest absolute Gasteiger partial charge is 0.426 e. The Morgan fingerprint density at radius 2 is 2.08 bits per heavy atom. The van der Waals surface area contributed by atoms with Crippen LogP contribution in [0.15, 0.2) is 28.8 Å². The monoisotopic (exact) mass is 339 g/mol. The first-order valence-electron chi connectivity index (χ1n) is 7.11. The van der Waals surface area contributed by atoms with Crippen molar-refractivity contribution in [2.24, 2.45) is 0 Å². The van der Waals surface area contributed by atoms with E-state index in [0.29, 0.717) is 0 Å². The van der Waals surface area contributed by atoms with Gasteiger partial charge in [0.2, 0.25) is 5.91 Å². The minimum absolute atomic E-state index is 0.0156. The zero-order valence-electron chi connectivity index (χ0n) is 12.8. The highest BCUT2D eigenvalue weighted by Crippen LogP contribution is 2.24. The molecule has 0 aliphatic carbocycles. The van der Waals surface area contributed by atoms with Gasteiger partial charge in [0.15, 0.2) is 11.7 Å². The van der Waals surface area contributed by atoms with Crippen LogP contribution in [-0.2, 0) is 16.0 Å². The normalized spacial score (nSPS) is 10.3. The second-order valence-electron chi connectivity index (χ2n) is 4.64. The maximum atomic E-state index is 13.7. The molecule has 7 nitrogen and oxygen atoms in total. The van der Waals surface area contributed by atoms with Gasteiger partial charge in [-0.25, -0.2) is 24.0 Å². The summed E-state index contributed by atoms with van der Waals surface area (Å²) >= 11 is 0. The zero-order valence-corrected chi connectivity index (χ0v) is 12.8. The number of nitrogens with one attached hydrogen (secondary N) is 2. The number of carbonyl (C=O) groups excluding carboxylic acids is 2. The lowest BCUT2D eigenvalue weighted by Gasteiger charge is -2.06. The Morgan fingerprint density at radius 1 is 1.29 bits per heavy atom. The van der Waals surface area contributed by atoms with Gasteiger partial charge in [0.1, 0.15) is 11.6 Å². The number of nitrogens with zero attached hydrogens (tertiary/aromatic N) is 1. The second-order valence-corrected chi connectivity index (χ2v) is 4.64. The van der Waals surface area contributed by atoms with Crippen molar-refractivity contribution in [2.75, 3.05) is 6.61 Å². The van der Waals surface area contributed by atoms with Crippen LogP contribution in [0.4, 0.5) is 13.6 Å². The molecule has 0 bridgehead atoms. The van der Waals surface area contributed by atoms with Gasteiger partial charge in [0.25, 0.3) is 0 Å². The number of halogens is 2. The Kier molecular flexibility index (Phi) is 5.83. The van der Waals surface area contributed by atoms with Crippen LogP contribution in [0.25, 0.3) is 11.3 Å². The molecule has 0 atom stereocenters. The third-order valence-electron chi connectivity index (χ3n) is 2.90. The predicted octanol–water partition coefficient (Wildman–Crippen LogP) is 2.33. The molecule has 0 saturated heterocycles. The summed E-state index contributed by atoms with van der Waals surface area (Å²) in [4.78, 5) is 26.5. The number of amides is 2. The standard InChI is InChI=1S/C15H15F2N3O4/c1-2-23-15(22)20-19-13(21)5-6-14-18-8-12(24-14)10-4-3-9(16)7-11(10)17/h3-4,7-8H,2,5-6H2,1H3,(H,19,21)(H,20,22). The number of carbonyl (C=O) groups is 2. The van der Waals surface area contributed by atoms with Crippen LogP contribution >= 0.6 is 0 Å².